The molecule has 0 saturated carbocycles. The SMILES string of the molecule is Cc1ccc2c(c1)CCCN2c1nc(N)nc2nc[nH]c12. The highest BCUT2D eigenvalue weighted by Crippen LogP contribution is 2.35. The van der Waals surface area contributed by atoms with Gasteiger partial charge in [-0.15, -0.1) is 0 Å². The van der Waals surface area contributed by atoms with E-state index >= 15 is 0 Å². The number of nitrogen functional groups attached to an aromatic ring is 1. The van der Waals surface area contributed by atoms with Gasteiger partial charge < -0.3 is 15.6 Å². The quantitative estimate of drug-likeness (QED) is 0.714. The van der Waals surface area contributed by atoms with Crippen molar-refractivity contribution in [3.63, 3.8) is 0 Å². The van der Waals surface area contributed by atoms with Crippen molar-refractivity contribution < 1.29 is 0 Å². The lowest BCUT2D eigenvalue weighted by Crippen LogP contribution is -2.26. The van der Waals surface area contributed by atoms with Gasteiger partial charge in [0.15, 0.2) is 11.5 Å². The van der Waals surface area contributed by atoms with E-state index in [1.807, 2.05) is 0 Å². The van der Waals surface area contributed by atoms with Gasteiger partial charge in [0.25, 0.3) is 0 Å². The molecule has 0 saturated heterocycles. The van der Waals surface area contributed by atoms with Crippen molar-refractivity contribution in [1.29, 1.82) is 0 Å². The maximum absolute atomic E-state index is 5.83. The predicted octanol–water partition coefficient (Wildman–Crippen LogP) is 2.33. The molecule has 3 heterocycles. The molecule has 106 valence electrons. The summed E-state index contributed by atoms with van der Waals surface area (Å²) in [5.41, 5.74) is 11.1. The van der Waals surface area contributed by atoms with Crippen molar-refractivity contribution >= 4 is 28.6 Å². The Hall–Kier alpha value is -2.63. The van der Waals surface area contributed by atoms with Gasteiger partial charge in [-0.25, -0.2) is 4.98 Å². The van der Waals surface area contributed by atoms with Crippen LogP contribution in [0, 0.1) is 6.92 Å². The van der Waals surface area contributed by atoms with Crippen LogP contribution in [0.15, 0.2) is 24.5 Å². The van der Waals surface area contributed by atoms with E-state index in [2.05, 4.69) is 50.0 Å². The number of fused-ring (bicyclic) bond motifs is 2. The molecule has 3 N–H and O–H groups in total. The maximum Gasteiger partial charge on any atom is 0.224 e. The second kappa shape index (κ2) is 4.44. The maximum atomic E-state index is 5.83. The number of hydrogen-bond acceptors (Lipinski definition) is 5. The predicted molar refractivity (Wildman–Crippen MR) is 82.6 cm³/mol. The molecule has 0 amide bonds. The molecule has 21 heavy (non-hydrogen) atoms. The van der Waals surface area contributed by atoms with Gasteiger partial charge in [0.1, 0.15) is 5.52 Å². The van der Waals surface area contributed by atoms with Gasteiger partial charge in [0, 0.05) is 12.2 Å². The fourth-order valence-corrected chi connectivity index (χ4v) is 2.98. The van der Waals surface area contributed by atoms with Crippen molar-refractivity contribution in [2.24, 2.45) is 0 Å². The Morgan fingerprint density at radius 1 is 1.29 bits per heavy atom. The van der Waals surface area contributed by atoms with Crippen LogP contribution in [0.2, 0.25) is 0 Å². The van der Waals surface area contributed by atoms with E-state index in [0.29, 0.717) is 5.65 Å². The second-order valence-electron chi connectivity index (χ2n) is 5.39. The normalized spacial score (nSPS) is 14.4. The Kier molecular flexibility index (Phi) is 2.57. The molecule has 0 spiro atoms. The summed E-state index contributed by atoms with van der Waals surface area (Å²) in [5.74, 6) is 1.06. The number of aryl methyl sites for hydroxylation is 2. The molecule has 1 aliphatic heterocycles. The van der Waals surface area contributed by atoms with Crippen molar-refractivity contribution in [3.05, 3.63) is 35.7 Å². The highest BCUT2D eigenvalue weighted by Gasteiger charge is 2.22. The third-order valence-corrected chi connectivity index (χ3v) is 3.89. The van der Waals surface area contributed by atoms with Crippen LogP contribution < -0.4 is 10.6 Å². The molecule has 1 aliphatic rings. The van der Waals surface area contributed by atoms with Gasteiger partial charge in [-0.3, -0.25) is 0 Å². The Morgan fingerprint density at radius 3 is 3.10 bits per heavy atom. The monoisotopic (exact) mass is 280 g/mol. The van der Waals surface area contributed by atoms with Gasteiger partial charge in [0.05, 0.1) is 6.33 Å². The van der Waals surface area contributed by atoms with E-state index in [4.69, 9.17) is 5.73 Å². The lowest BCUT2D eigenvalue weighted by Gasteiger charge is -2.30. The molecule has 0 radical (unpaired) electrons. The van der Waals surface area contributed by atoms with Gasteiger partial charge in [-0.05, 0) is 31.4 Å². The van der Waals surface area contributed by atoms with Crippen LogP contribution in [-0.4, -0.2) is 26.5 Å². The highest BCUT2D eigenvalue weighted by atomic mass is 15.2. The van der Waals surface area contributed by atoms with Crippen molar-refractivity contribution in [3.8, 4) is 0 Å². The number of nitrogens with zero attached hydrogens (tertiary/aromatic N) is 4. The van der Waals surface area contributed by atoms with Crippen LogP contribution in [0.3, 0.4) is 0 Å². The lowest BCUT2D eigenvalue weighted by atomic mass is 9.99. The van der Waals surface area contributed by atoms with Crippen molar-refractivity contribution in [2.45, 2.75) is 19.8 Å². The van der Waals surface area contributed by atoms with E-state index in [9.17, 15) is 0 Å². The first kappa shape index (κ1) is 12.1. The summed E-state index contributed by atoms with van der Waals surface area (Å²) in [7, 11) is 0. The first-order valence-corrected chi connectivity index (χ1v) is 7.06. The molecule has 6 heteroatoms. The zero-order valence-electron chi connectivity index (χ0n) is 11.8. The van der Waals surface area contributed by atoms with E-state index in [1.54, 1.807) is 6.33 Å². The topological polar surface area (TPSA) is 83.7 Å². The summed E-state index contributed by atoms with van der Waals surface area (Å²) in [6.45, 7) is 3.04. The number of H-pyrrole nitrogens is 1. The standard InChI is InChI=1S/C15H16N6/c1-9-4-5-11-10(7-9)3-2-6-21(11)14-12-13(18-8-17-12)19-15(16)20-14/h4-5,7-8H,2-3,6H2,1H3,(H3,16,17,18,19,20). The van der Waals surface area contributed by atoms with E-state index in [-0.39, 0.29) is 5.95 Å². The molecule has 4 rings (SSSR count). The molecule has 0 unspecified atom stereocenters. The number of nitrogens with one attached hydrogen (secondary N) is 1. The Labute approximate surface area is 122 Å². The van der Waals surface area contributed by atoms with E-state index in [1.165, 1.54) is 16.8 Å². The third-order valence-electron chi connectivity index (χ3n) is 3.89. The zero-order valence-corrected chi connectivity index (χ0v) is 11.8. The first-order valence-electron chi connectivity index (χ1n) is 7.06. The summed E-state index contributed by atoms with van der Waals surface area (Å²) < 4.78 is 0. The van der Waals surface area contributed by atoms with Crippen molar-refractivity contribution in [2.75, 3.05) is 17.2 Å². The van der Waals surface area contributed by atoms with Crippen LogP contribution in [0.5, 0.6) is 0 Å². The number of imidazole rings is 1. The number of aromatic nitrogens is 4. The van der Waals surface area contributed by atoms with Gasteiger partial charge >= 0.3 is 0 Å². The summed E-state index contributed by atoms with van der Waals surface area (Å²) in [6, 6.07) is 6.53. The van der Waals surface area contributed by atoms with Crippen LogP contribution in [0.25, 0.3) is 11.2 Å². The molecule has 0 fully saturated rings. The molecular weight excluding hydrogens is 264 g/mol. The van der Waals surface area contributed by atoms with Crippen LogP contribution in [0.4, 0.5) is 17.5 Å². The van der Waals surface area contributed by atoms with Gasteiger partial charge in [-0.2, -0.15) is 9.97 Å². The molecule has 1 aromatic carbocycles. The molecule has 0 atom stereocenters. The zero-order chi connectivity index (χ0) is 14.4. The lowest BCUT2D eigenvalue weighted by molar-refractivity contribution is 0.760. The van der Waals surface area contributed by atoms with Crippen LogP contribution in [0.1, 0.15) is 17.5 Å². The minimum Gasteiger partial charge on any atom is -0.368 e. The summed E-state index contributed by atoms with van der Waals surface area (Å²) in [5, 5.41) is 0. The Bertz CT molecular complexity index is 822. The summed E-state index contributed by atoms with van der Waals surface area (Å²) in [6.07, 6.45) is 3.82. The van der Waals surface area contributed by atoms with E-state index < -0.39 is 0 Å². The number of benzene rings is 1. The highest BCUT2D eigenvalue weighted by molar-refractivity contribution is 5.87. The molecule has 2 aromatic heterocycles. The van der Waals surface area contributed by atoms with Crippen LogP contribution >= 0.6 is 0 Å². The molecule has 3 aromatic rings. The van der Waals surface area contributed by atoms with Crippen LogP contribution in [-0.2, 0) is 6.42 Å². The summed E-state index contributed by atoms with van der Waals surface area (Å²) in [4.78, 5) is 18.1. The molecule has 0 aliphatic carbocycles. The third kappa shape index (κ3) is 1.91. The smallest absolute Gasteiger partial charge is 0.224 e. The Morgan fingerprint density at radius 2 is 2.19 bits per heavy atom. The number of rotatable bonds is 1. The minimum absolute atomic E-state index is 0.254. The molecule has 6 nitrogen and oxygen atoms in total. The van der Waals surface area contributed by atoms with Crippen molar-refractivity contribution in [1.82, 2.24) is 19.9 Å². The molecule has 0 bridgehead atoms. The fraction of sp³-hybridized carbons (Fsp3) is 0.267. The number of nitrogens with two attached hydrogens (primary N) is 1. The average Bonchev–Trinajstić information content (AvgIpc) is 2.93. The number of anilines is 3. The number of hydrogen-bond donors (Lipinski definition) is 2. The number of aromatic amines is 1. The average molecular weight is 280 g/mol. The van der Waals surface area contributed by atoms with Gasteiger partial charge in [0.2, 0.25) is 5.95 Å². The second-order valence-corrected chi connectivity index (χ2v) is 5.39. The first-order chi connectivity index (χ1) is 10.2. The largest absolute Gasteiger partial charge is 0.368 e. The molecular formula is C15H16N6. The van der Waals surface area contributed by atoms with Gasteiger partial charge in [-0.1, -0.05) is 17.7 Å². The minimum atomic E-state index is 0.254. The summed E-state index contributed by atoms with van der Waals surface area (Å²) >= 11 is 0. The van der Waals surface area contributed by atoms with E-state index in [0.717, 1.165) is 30.7 Å². The fourth-order valence-electron chi connectivity index (χ4n) is 2.98. The Balaban J connectivity index is 1.92.